The molecule has 0 radical (unpaired) electrons. The van der Waals surface area contributed by atoms with E-state index < -0.39 is 5.97 Å². The van der Waals surface area contributed by atoms with E-state index >= 15 is 0 Å². The summed E-state index contributed by atoms with van der Waals surface area (Å²) in [6.07, 6.45) is 4.71. The lowest BCUT2D eigenvalue weighted by atomic mass is 9.72. The third-order valence-electron chi connectivity index (χ3n) is 6.35. The van der Waals surface area contributed by atoms with Crippen molar-refractivity contribution in [3.8, 4) is 16.9 Å². The van der Waals surface area contributed by atoms with E-state index in [-0.39, 0.29) is 18.3 Å². The first-order chi connectivity index (χ1) is 14.6. The van der Waals surface area contributed by atoms with E-state index in [0.717, 1.165) is 35.6 Å². The summed E-state index contributed by atoms with van der Waals surface area (Å²) in [4.78, 5) is 12.6. The number of aliphatic carboxylic acids is 1. The van der Waals surface area contributed by atoms with Crippen molar-refractivity contribution in [3.63, 3.8) is 0 Å². The van der Waals surface area contributed by atoms with Gasteiger partial charge in [0.1, 0.15) is 11.6 Å². The molecule has 0 saturated heterocycles. The van der Waals surface area contributed by atoms with Crippen LogP contribution in [0.15, 0.2) is 42.5 Å². The Morgan fingerprint density at radius 3 is 2.45 bits per heavy atom. The van der Waals surface area contributed by atoms with Gasteiger partial charge < -0.3 is 14.7 Å². The van der Waals surface area contributed by atoms with E-state index in [1.54, 1.807) is 11.9 Å². The van der Waals surface area contributed by atoms with Gasteiger partial charge in [0.05, 0.1) is 12.5 Å². The zero-order valence-corrected chi connectivity index (χ0v) is 19.0. The van der Waals surface area contributed by atoms with E-state index in [0.29, 0.717) is 17.6 Å². The van der Waals surface area contributed by atoms with Crippen molar-refractivity contribution in [3.05, 3.63) is 48.3 Å². The van der Waals surface area contributed by atoms with Gasteiger partial charge in [0.15, 0.2) is 0 Å². The highest BCUT2D eigenvalue weighted by Crippen LogP contribution is 2.39. The van der Waals surface area contributed by atoms with Gasteiger partial charge in [-0.2, -0.15) is 0 Å². The summed E-state index contributed by atoms with van der Waals surface area (Å²) in [5.41, 5.74) is 2.63. The molecular formula is C26H34FNO3. The predicted octanol–water partition coefficient (Wildman–Crippen LogP) is 6.39. The molecule has 31 heavy (non-hydrogen) atoms. The molecule has 1 aliphatic carbocycles. The molecule has 2 aromatic carbocycles. The van der Waals surface area contributed by atoms with Crippen LogP contribution in [-0.2, 0) is 4.79 Å². The first-order valence-electron chi connectivity index (χ1n) is 11.1. The largest absolute Gasteiger partial charge is 0.490 e. The molecule has 0 spiro atoms. The summed E-state index contributed by atoms with van der Waals surface area (Å²) in [5.74, 6) is 0.329. The van der Waals surface area contributed by atoms with Crippen LogP contribution < -0.4 is 9.64 Å². The molecule has 5 heteroatoms. The third-order valence-corrected chi connectivity index (χ3v) is 6.35. The van der Waals surface area contributed by atoms with Crippen molar-refractivity contribution >= 4 is 11.7 Å². The van der Waals surface area contributed by atoms with Gasteiger partial charge in [-0.15, -0.1) is 0 Å². The quantitative estimate of drug-likeness (QED) is 0.556. The van der Waals surface area contributed by atoms with E-state index in [2.05, 4.69) is 20.8 Å². The second-order valence-electron chi connectivity index (χ2n) is 9.75. The number of halogens is 1. The van der Waals surface area contributed by atoms with Crippen LogP contribution in [0.4, 0.5) is 10.1 Å². The molecule has 0 amide bonds. The Kier molecular flexibility index (Phi) is 7.24. The monoisotopic (exact) mass is 427 g/mol. The second-order valence-corrected chi connectivity index (χ2v) is 9.75. The fourth-order valence-electron chi connectivity index (χ4n) is 4.34. The van der Waals surface area contributed by atoms with Crippen LogP contribution in [0.3, 0.4) is 0 Å². The van der Waals surface area contributed by atoms with Gasteiger partial charge >= 0.3 is 5.97 Å². The van der Waals surface area contributed by atoms with E-state index in [4.69, 9.17) is 9.84 Å². The molecule has 1 fully saturated rings. The predicted molar refractivity (Wildman–Crippen MR) is 123 cm³/mol. The second kappa shape index (κ2) is 9.71. The third kappa shape index (κ3) is 6.46. The lowest BCUT2D eigenvalue weighted by molar-refractivity contribution is -0.136. The maximum absolute atomic E-state index is 14.3. The molecule has 0 unspecified atom stereocenters. The summed E-state index contributed by atoms with van der Waals surface area (Å²) < 4.78 is 20.6. The molecule has 0 atom stereocenters. The number of hydrogen-bond acceptors (Lipinski definition) is 3. The van der Waals surface area contributed by atoms with E-state index in [1.807, 2.05) is 30.3 Å². The van der Waals surface area contributed by atoms with Crippen molar-refractivity contribution in [2.75, 3.05) is 18.5 Å². The first kappa shape index (κ1) is 23.1. The molecule has 1 N–H and O–H groups in total. The van der Waals surface area contributed by atoms with Gasteiger partial charge in [-0.1, -0.05) is 32.9 Å². The average molecular weight is 428 g/mol. The summed E-state index contributed by atoms with van der Waals surface area (Å²) >= 11 is 0. The van der Waals surface area contributed by atoms with Gasteiger partial charge in [-0.05, 0) is 78.5 Å². The lowest BCUT2D eigenvalue weighted by Gasteiger charge is -2.37. The van der Waals surface area contributed by atoms with Crippen LogP contribution in [0.25, 0.3) is 11.1 Å². The minimum Gasteiger partial charge on any atom is -0.490 e. The maximum atomic E-state index is 14.3. The Morgan fingerprint density at radius 1 is 1.10 bits per heavy atom. The van der Waals surface area contributed by atoms with Gasteiger partial charge in [-0.25, -0.2) is 4.39 Å². The Hall–Kier alpha value is -2.56. The molecule has 0 aliphatic heterocycles. The molecule has 4 nitrogen and oxygen atoms in total. The van der Waals surface area contributed by atoms with E-state index in [1.165, 1.54) is 25.0 Å². The smallest absolute Gasteiger partial charge is 0.305 e. The number of anilines is 1. The number of carboxylic acid groups (broad SMARTS) is 1. The normalized spacial score (nSPS) is 19.1. The van der Waals surface area contributed by atoms with Crippen LogP contribution in [0, 0.1) is 17.2 Å². The maximum Gasteiger partial charge on any atom is 0.305 e. The fourth-order valence-corrected chi connectivity index (χ4v) is 4.34. The highest BCUT2D eigenvalue weighted by molar-refractivity contribution is 5.71. The van der Waals surface area contributed by atoms with Gasteiger partial charge in [0, 0.05) is 19.3 Å². The highest BCUT2D eigenvalue weighted by Gasteiger charge is 2.30. The SMILES string of the molecule is CN(CCC(=O)O)c1cc(F)cc(-c2cccc(O[C@H]3CC[C@H](C(C)(C)C)CC3)c2)c1. The van der Waals surface area contributed by atoms with Gasteiger partial charge in [-0.3, -0.25) is 4.79 Å². The minimum atomic E-state index is -0.871. The van der Waals surface area contributed by atoms with Crippen molar-refractivity contribution in [1.29, 1.82) is 0 Å². The van der Waals surface area contributed by atoms with Crippen LogP contribution in [0.2, 0.25) is 0 Å². The Bertz CT molecular complexity index is 898. The van der Waals surface area contributed by atoms with Crippen molar-refractivity contribution < 1.29 is 19.0 Å². The van der Waals surface area contributed by atoms with E-state index in [9.17, 15) is 9.18 Å². The van der Waals surface area contributed by atoms with Gasteiger partial charge in [0.2, 0.25) is 0 Å². The number of carbonyl (C=O) groups is 1. The minimum absolute atomic E-state index is 0.00311. The standard InChI is InChI=1S/C26H34FNO3/c1-26(2,3)20-8-10-23(11-9-20)31-24-7-5-6-18(16-24)19-14-21(27)17-22(15-19)28(4)13-12-25(29)30/h5-7,14-17,20,23H,8-13H2,1-4H3,(H,29,30)/t20-,23-. The van der Waals surface area contributed by atoms with Crippen LogP contribution in [-0.4, -0.2) is 30.8 Å². The summed E-state index contributed by atoms with van der Waals surface area (Å²) in [6, 6.07) is 12.6. The van der Waals surface area contributed by atoms with Gasteiger partial charge in [0.25, 0.3) is 0 Å². The number of nitrogens with zero attached hydrogens (tertiary/aromatic N) is 1. The Labute approximate surface area is 185 Å². The van der Waals surface area contributed by atoms with Crippen LogP contribution in [0.5, 0.6) is 5.75 Å². The molecule has 3 rings (SSSR count). The van der Waals surface area contributed by atoms with Crippen molar-refractivity contribution in [1.82, 2.24) is 0 Å². The Morgan fingerprint density at radius 2 is 1.81 bits per heavy atom. The van der Waals surface area contributed by atoms with Crippen molar-refractivity contribution in [2.45, 2.75) is 59.0 Å². The number of rotatable bonds is 7. The highest BCUT2D eigenvalue weighted by atomic mass is 19.1. The Balaban J connectivity index is 1.71. The first-order valence-corrected chi connectivity index (χ1v) is 11.1. The average Bonchev–Trinajstić information content (AvgIpc) is 2.71. The summed E-state index contributed by atoms with van der Waals surface area (Å²) in [5, 5.41) is 8.90. The fraction of sp³-hybridized carbons (Fsp3) is 0.500. The summed E-state index contributed by atoms with van der Waals surface area (Å²) in [6.45, 7) is 7.26. The summed E-state index contributed by atoms with van der Waals surface area (Å²) in [7, 11) is 1.77. The molecule has 1 aliphatic rings. The molecular weight excluding hydrogens is 393 g/mol. The molecule has 0 aromatic heterocycles. The number of hydrogen-bond donors (Lipinski definition) is 1. The number of benzene rings is 2. The van der Waals surface area contributed by atoms with Crippen LogP contribution >= 0.6 is 0 Å². The number of carboxylic acids is 1. The molecule has 0 heterocycles. The lowest BCUT2D eigenvalue weighted by Crippen LogP contribution is -2.30. The number of ether oxygens (including phenoxy) is 1. The molecule has 0 bridgehead atoms. The molecule has 1 saturated carbocycles. The van der Waals surface area contributed by atoms with Crippen LogP contribution in [0.1, 0.15) is 52.9 Å². The molecule has 2 aromatic rings. The molecule has 168 valence electrons. The topological polar surface area (TPSA) is 49.8 Å². The van der Waals surface area contributed by atoms with Crippen molar-refractivity contribution in [2.24, 2.45) is 11.3 Å². The zero-order chi connectivity index (χ0) is 22.6. The zero-order valence-electron chi connectivity index (χ0n) is 19.0.